The largest absolute Gasteiger partial charge is 0.285 e. The van der Waals surface area contributed by atoms with Crippen molar-refractivity contribution in [3.05, 3.63) is 96.1 Å². The van der Waals surface area contributed by atoms with E-state index in [1.807, 2.05) is 0 Å². The molecule has 4 heteroatoms. The van der Waals surface area contributed by atoms with Gasteiger partial charge in [-0.15, -0.1) is 0 Å². The fourth-order valence-electron chi connectivity index (χ4n) is 4.30. The van der Waals surface area contributed by atoms with Gasteiger partial charge in [0, 0.05) is 25.7 Å². The number of hydrogen-bond acceptors (Lipinski definition) is 3. The highest BCUT2D eigenvalue weighted by molar-refractivity contribution is 7.50. The molecule has 2 atom stereocenters. The summed E-state index contributed by atoms with van der Waals surface area (Å²) < 4.78 is 4.91. The molecule has 0 radical (unpaired) electrons. The highest BCUT2D eigenvalue weighted by Gasteiger charge is 2.33. The molecule has 0 aromatic heterocycles. The second-order valence-electron chi connectivity index (χ2n) is 7.84. The van der Waals surface area contributed by atoms with Gasteiger partial charge in [-0.2, -0.15) is 0 Å². The Labute approximate surface area is 173 Å². The van der Waals surface area contributed by atoms with Crippen molar-refractivity contribution in [2.45, 2.75) is 19.5 Å². The van der Waals surface area contributed by atoms with Crippen molar-refractivity contribution in [3.8, 4) is 0 Å². The molecule has 1 aliphatic heterocycles. The van der Waals surface area contributed by atoms with Crippen LogP contribution in [0.4, 0.5) is 0 Å². The van der Waals surface area contributed by atoms with E-state index >= 15 is 0 Å². The first-order valence-corrected chi connectivity index (χ1v) is 11.5. The van der Waals surface area contributed by atoms with Crippen LogP contribution in [-0.4, -0.2) is 22.4 Å². The Morgan fingerprint density at radius 3 is 2.14 bits per heavy atom. The zero-order valence-corrected chi connectivity index (χ0v) is 17.6. The molecule has 0 bridgehead atoms. The van der Waals surface area contributed by atoms with Gasteiger partial charge < -0.3 is 0 Å². The summed E-state index contributed by atoms with van der Waals surface area (Å²) in [6, 6.07) is 31.0. The van der Waals surface area contributed by atoms with Crippen LogP contribution in [-0.2, 0) is 6.54 Å². The zero-order valence-electron chi connectivity index (χ0n) is 16.7. The Kier molecular flexibility index (Phi) is 5.07. The van der Waals surface area contributed by atoms with Crippen LogP contribution in [0.25, 0.3) is 21.5 Å². The summed E-state index contributed by atoms with van der Waals surface area (Å²) >= 11 is 0. The van der Waals surface area contributed by atoms with Crippen molar-refractivity contribution in [1.29, 1.82) is 0 Å². The minimum atomic E-state index is -0.798. The summed E-state index contributed by atoms with van der Waals surface area (Å²) in [5, 5.41) is 5.18. The SMILES string of the molecule is CC(c1ccc2ccccc2c1)N1CCN(Cc2ccc3ccccc3c2)P1N. The molecule has 2 unspecified atom stereocenters. The zero-order chi connectivity index (χ0) is 19.8. The maximum atomic E-state index is 6.75. The molecular formula is C25H26N3P. The van der Waals surface area contributed by atoms with E-state index in [9.17, 15) is 0 Å². The molecule has 3 nitrogen and oxygen atoms in total. The second-order valence-corrected chi connectivity index (χ2v) is 9.56. The first kappa shape index (κ1) is 18.7. The topological polar surface area (TPSA) is 32.5 Å². The Morgan fingerprint density at radius 2 is 1.41 bits per heavy atom. The van der Waals surface area contributed by atoms with Gasteiger partial charge in [0.2, 0.25) is 0 Å². The predicted molar refractivity (Wildman–Crippen MR) is 125 cm³/mol. The van der Waals surface area contributed by atoms with Gasteiger partial charge in [0.25, 0.3) is 0 Å². The van der Waals surface area contributed by atoms with Crippen LogP contribution >= 0.6 is 8.37 Å². The molecule has 146 valence electrons. The van der Waals surface area contributed by atoms with Gasteiger partial charge in [0.15, 0.2) is 0 Å². The van der Waals surface area contributed by atoms with E-state index in [0.29, 0.717) is 6.04 Å². The molecule has 4 aromatic rings. The third-order valence-electron chi connectivity index (χ3n) is 6.02. The van der Waals surface area contributed by atoms with E-state index in [0.717, 1.165) is 19.6 Å². The lowest BCUT2D eigenvalue weighted by Crippen LogP contribution is -2.23. The summed E-state index contributed by atoms with van der Waals surface area (Å²) in [6.45, 7) is 5.23. The molecule has 1 heterocycles. The van der Waals surface area contributed by atoms with Crippen molar-refractivity contribution >= 4 is 29.9 Å². The number of nitrogens with zero attached hydrogens (tertiary/aromatic N) is 2. The molecule has 0 aliphatic carbocycles. The molecular weight excluding hydrogens is 373 g/mol. The molecule has 1 fully saturated rings. The molecule has 0 spiro atoms. The summed E-state index contributed by atoms with van der Waals surface area (Å²) in [4.78, 5) is 0. The number of benzene rings is 4. The Bertz CT molecular complexity index is 1160. The first-order chi connectivity index (χ1) is 14.2. The van der Waals surface area contributed by atoms with Gasteiger partial charge in [0.05, 0.1) is 0 Å². The van der Waals surface area contributed by atoms with E-state index in [2.05, 4.69) is 101 Å². The van der Waals surface area contributed by atoms with Crippen molar-refractivity contribution in [1.82, 2.24) is 9.34 Å². The monoisotopic (exact) mass is 399 g/mol. The lowest BCUT2D eigenvalue weighted by molar-refractivity contribution is 0.393. The van der Waals surface area contributed by atoms with E-state index < -0.39 is 8.37 Å². The van der Waals surface area contributed by atoms with Crippen LogP contribution < -0.4 is 5.50 Å². The van der Waals surface area contributed by atoms with E-state index in [1.54, 1.807) is 0 Å². The van der Waals surface area contributed by atoms with Crippen LogP contribution in [0.3, 0.4) is 0 Å². The minimum absolute atomic E-state index is 0.317. The Balaban J connectivity index is 1.33. The van der Waals surface area contributed by atoms with Gasteiger partial charge in [-0.25, -0.2) is 4.67 Å². The van der Waals surface area contributed by atoms with Gasteiger partial charge in [-0.3, -0.25) is 10.2 Å². The quantitative estimate of drug-likeness (QED) is 0.424. The van der Waals surface area contributed by atoms with Gasteiger partial charge in [0.1, 0.15) is 8.37 Å². The molecule has 4 aromatic carbocycles. The Morgan fingerprint density at radius 1 is 0.793 bits per heavy atom. The van der Waals surface area contributed by atoms with E-state index in [1.165, 1.54) is 32.7 Å². The van der Waals surface area contributed by atoms with Gasteiger partial charge in [-0.1, -0.05) is 72.8 Å². The van der Waals surface area contributed by atoms with Crippen LogP contribution in [0.1, 0.15) is 24.1 Å². The smallest absolute Gasteiger partial charge is 0.115 e. The fraction of sp³-hybridized carbons (Fsp3) is 0.200. The van der Waals surface area contributed by atoms with Gasteiger partial charge >= 0.3 is 0 Å². The third-order valence-corrected chi connectivity index (χ3v) is 8.02. The standard InChI is InChI=1S/C25H26N3P/c1-19(23-13-12-22-7-3-5-9-25(22)17-23)28-15-14-27(29(28)26)18-20-10-11-21-6-2-4-8-24(21)16-20/h2-13,16-17,19H,14-15,18,26H2,1H3. The summed E-state index contributed by atoms with van der Waals surface area (Å²) in [7, 11) is -0.798. The Hall–Kier alpha value is -2.29. The maximum Gasteiger partial charge on any atom is 0.115 e. The van der Waals surface area contributed by atoms with Crippen molar-refractivity contribution in [2.24, 2.45) is 5.50 Å². The van der Waals surface area contributed by atoms with Crippen LogP contribution in [0.5, 0.6) is 0 Å². The van der Waals surface area contributed by atoms with Crippen LogP contribution in [0, 0.1) is 0 Å². The van der Waals surface area contributed by atoms with Crippen molar-refractivity contribution in [3.63, 3.8) is 0 Å². The molecule has 2 N–H and O–H groups in total. The minimum Gasteiger partial charge on any atom is -0.285 e. The highest BCUT2D eigenvalue weighted by atomic mass is 31.1. The average molecular weight is 399 g/mol. The van der Waals surface area contributed by atoms with Crippen molar-refractivity contribution < 1.29 is 0 Å². The second kappa shape index (κ2) is 7.85. The number of fused-ring (bicyclic) bond motifs is 2. The third kappa shape index (κ3) is 3.68. The lowest BCUT2D eigenvalue weighted by atomic mass is 10.0. The number of nitrogens with two attached hydrogens (primary N) is 1. The summed E-state index contributed by atoms with van der Waals surface area (Å²) in [5.41, 5.74) is 9.43. The molecule has 0 saturated carbocycles. The van der Waals surface area contributed by atoms with E-state index in [-0.39, 0.29) is 0 Å². The normalized spacial score (nSPS) is 19.2. The van der Waals surface area contributed by atoms with Crippen LogP contribution in [0.2, 0.25) is 0 Å². The molecule has 0 amide bonds. The summed E-state index contributed by atoms with van der Waals surface area (Å²) in [6.07, 6.45) is 0. The average Bonchev–Trinajstić information content (AvgIpc) is 3.13. The molecule has 29 heavy (non-hydrogen) atoms. The highest BCUT2D eigenvalue weighted by Crippen LogP contribution is 2.47. The van der Waals surface area contributed by atoms with Crippen molar-refractivity contribution in [2.75, 3.05) is 13.1 Å². The molecule has 1 saturated heterocycles. The van der Waals surface area contributed by atoms with Gasteiger partial charge in [-0.05, 0) is 51.7 Å². The molecule has 5 rings (SSSR count). The lowest BCUT2D eigenvalue weighted by Gasteiger charge is -2.31. The molecule has 1 aliphatic rings. The number of hydrogen-bond donors (Lipinski definition) is 1. The maximum absolute atomic E-state index is 6.75. The fourth-order valence-corrected chi connectivity index (χ4v) is 6.01. The van der Waals surface area contributed by atoms with E-state index in [4.69, 9.17) is 5.50 Å². The summed E-state index contributed by atoms with van der Waals surface area (Å²) in [5.74, 6) is 0. The first-order valence-electron chi connectivity index (χ1n) is 10.2. The predicted octanol–water partition coefficient (Wildman–Crippen LogP) is 6.06. The van der Waals surface area contributed by atoms with Crippen LogP contribution in [0.15, 0.2) is 84.9 Å². The number of rotatable bonds is 4.